The van der Waals surface area contributed by atoms with Crippen molar-refractivity contribution in [1.82, 2.24) is 9.71 Å². The van der Waals surface area contributed by atoms with Crippen molar-refractivity contribution in [1.29, 1.82) is 0 Å². The molecule has 1 amide bonds. The van der Waals surface area contributed by atoms with E-state index in [0.717, 1.165) is 9.88 Å². The second-order valence-corrected chi connectivity index (χ2v) is 9.34. The van der Waals surface area contributed by atoms with Crippen LogP contribution < -0.4 is 23.2 Å². The average Bonchev–Trinajstić information content (AvgIpc) is 3.14. The molecule has 2 aliphatic rings. The first-order valence-corrected chi connectivity index (χ1v) is 12.1. The number of nitrogens with zero attached hydrogens (tertiary/aromatic N) is 2. The standard InChI is InChI=1S/C24H25N3O6S/c1-17-7-10-19(5-3-4-6-22(17)33-21-13-14-24(31-2)25-15-21)32-20-11-8-18(9-12-20)27-16-23(28)26-34(27,29)30/h3-4,6,8-9,11-15,19H,1,5,7,10,16H2,2H3,(H,26,28)/b4-3-,22-6?/t19-/m0/s1. The third kappa shape index (κ3) is 5.57. The van der Waals surface area contributed by atoms with Gasteiger partial charge in [-0.3, -0.25) is 4.79 Å². The molecule has 1 fully saturated rings. The lowest BCUT2D eigenvalue weighted by molar-refractivity contribution is -0.117. The fraction of sp³-hybridized carbons (Fsp3) is 0.250. The highest BCUT2D eigenvalue weighted by Crippen LogP contribution is 2.27. The Morgan fingerprint density at radius 3 is 2.56 bits per heavy atom. The number of aromatic nitrogens is 1. The van der Waals surface area contributed by atoms with Gasteiger partial charge in [-0.15, -0.1) is 0 Å². The summed E-state index contributed by atoms with van der Waals surface area (Å²) in [6, 6.07) is 10.1. The van der Waals surface area contributed by atoms with Crippen LogP contribution in [0.1, 0.15) is 19.3 Å². The molecule has 0 saturated carbocycles. The van der Waals surface area contributed by atoms with Crippen molar-refractivity contribution >= 4 is 21.8 Å². The van der Waals surface area contributed by atoms with Crippen molar-refractivity contribution < 1.29 is 27.4 Å². The molecule has 1 saturated heterocycles. The minimum Gasteiger partial charge on any atom is -0.490 e. The van der Waals surface area contributed by atoms with Crippen molar-refractivity contribution in [3.8, 4) is 17.4 Å². The average molecular weight is 484 g/mol. The van der Waals surface area contributed by atoms with Gasteiger partial charge in [0.2, 0.25) is 5.88 Å². The molecule has 1 atom stereocenters. The predicted molar refractivity (Wildman–Crippen MR) is 127 cm³/mol. The van der Waals surface area contributed by atoms with E-state index in [9.17, 15) is 13.2 Å². The first-order valence-electron chi connectivity index (χ1n) is 10.7. The predicted octanol–water partition coefficient (Wildman–Crippen LogP) is 3.28. The van der Waals surface area contributed by atoms with Gasteiger partial charge in [0, 0.05) is 12.5 Å². The molecule has 34 heavy (non-hydrogen) atoms. The van der Waals surface area contributed by atoms with Gasteiger partial charge in [-0.25, -0.2) is 14.0 Å². The fourth-order valence-corrected chi connectivity index (χ4v) is 4.68. The van der Waals surface area contributed by atoms with Crippen LogP contribution in [0.5, 0.6) is 17.4 Å². The van der Waals surface area contributed by atoms with Crippen LogP contribution >= 0.6 is 0 Å². The van der Waals surface area contributed by atoms with E-state index in [1.165, 1.54) is 0 Å². The minimum absolute atomic E-state index is 0.104. The molecule has 1 aliphatic heterocycles. The van der Waals surface area contributed by atoms with E-state index < -0.39 is 16.1 Å². The molecule has 1 aromatic carbocycles. The molecule has 0 radical (unpaired) electrons. The maximum atomic E-state index is 12.0. The zero-order valence-corrected chi connectivity index (χ0v) is 19.5. The van der Waals surface area contributed by atoms with E-state index in [4.69, 9.17) is 14.2 Å². The molecule has 2 aromatic rings. The molecule has 0 bridgehead atoms. The third-order valence-electron chi connectivity index (χ3n) is 5.29. The normalized spacial score (nSPS) is 20.9. The lowest BCUT2D eigenvalue weighted by Crippen LogP contribution is -2.29. The molecule has 1 N–H and O–H groups in total. The number of carbonyl (C=O) groups excluding carboxylic acids is 1. The first kappa shape index (κ1) is 23.4. The van der Waals surface area contributed by atoms with Crippen LogP contribution in [0.25, 0.3) is 0 Å². The van der Waals surface area contributed by atoms with E-state index >= 15 is 0 Å². The van der Waals surface area contributed by atoms with Crippen LogP contribution in [-0.2, 0) is 15.0 Å². The second kappa shape index (κ2) is 10.0. The highest BCUT2D eigenvalue weighted by atomic mass is 32.2. The number of anilines is 1. The van der Waals surface area contributed by atoms with E-state index in [-0.39, 0.29) is 12.6 Å². The summed E-state index contributed by atoms with van der Waals surface area (Å²) >= 11 is 0. The molecule has 178 valence electrons. The van der Waals surface area contributed by atoms with E-state index in [1.807, 2.05) is 23.0 Å². The van der Waals surface area contributed by atoms with Crippen molar-refractivity contribution in [2.45, 2.75) is 25.4 Å². The Morgan fingerprint density at radius 1 is 1.15 bits per heavy atom. The van der Waals surface area contributed by atoms with Gasteiger partial charge in [-0.1, -0.05) is 18.7 Å². The van der Waals surface area contributed by atoms with Gasteiger partial charge in [-0.2, -0.15) is 8.42 Å². The number of rotatable bonds is 6. The lowest BCUT2D eigenvalue weighted by Gasteiger charge is -2.20. The van der Waals surface area contributed by atoms with Gasteiger partial charge in [0.15, 0.2) is 0 Å². The Hall–Kier alpha value is -3.79. The first-order chi connectivity index (χ1) is 16.3. The molecular formula is C24H25N3O6S. The summed E-state index contributed by atoms with van der Waals surface area (Å²) < 4.78 is 44.2. The smallest absolute Gasteiger partial charge is 0.326 e. The SMILES string of the molecule is C=C1CC[C@@H](Oc2ccc(N3CC(=O)NS3(=O)=O)cc2)C/C=C\C=C1Oc1ccc(OC)nc1. The van der Waals surface area contributed by atoms with Gasteiger partial charge in [0.1, 0.15) is 29.9 Å². The third-order valence-corrected chi connectivity index (χ3v) is 6.70. The van der Waals surface area contributed by atoms with Gasteiger partial charge >= 0.3 is 10.2 Å². The minimum atomic E-state index is -3.83. The van der Waals surface area contributed by atoms with Crippen molar-refractivity contribution in [3.63, 3.8) is 0 Å². The van der Waals surface area contributed by atoms with E-state index in [0.29, 0.717) is 48.1 Å². The zero-order valence-electron chi connectivity index (χ0n) is 18.6. The van der Waals surface area contributed by atoms with Gasteiger partial charge in [-0.05, 0) is 54.8 Å². The molecule has 10 heteroatoms. The van der Waals surface area contributed by atoms with Crippen LogP contribution in [0, 0.1) is 0 Å². The summed E-state index contributed by atoms with van der Waals surface area (Å²) in [6.45, 7) is 3.93. The van der Waals surface area contributed by atoms with Gasteiger partial charge < -0.3 is 14.2 Å². The van der Waals surface area contributed by atoms with Crippen LogP contribution in [0.15, 0.2) is 78.7 Å². The Bertz CT molecular complexity index is 1220. The summed E-state index contributed by atoms with van der Waals surface area (Å²) in [7, 11) is -2.28. The number of ether oxygens (including phenoxy) is 3. The van der Waals surface area contributed by atoms with Crippen molar-refractivity contribution in [2.75, 3.05) is 18.0 Å². The molecule has 4 rings (SSSR count). The highest BCUT2D eigenvalue weighted by Gasteiger charge is 2.33. The number of amides is 1. The lowest BCUT2D eigenvalue weighted by atomic mass is 10.1. The Balaban J connectivity index is 1.36. The number of allylic oxidation sites excluding steroid dienone is 3. The summed E-state index contributed by atoms with van der Waals surface area (Å²) in [4.78, 5) is 15.6. The van der Waals surface area contributed by atoms with E-state index in [1.54, 1.807) is 49.7 Å². The van der Waals surface area contributed by atoms with E-state index in [2.05, 4.69) is 11.6 Å². The van der Waals surface area contributed by atoms with Gasteiger partial charge in [0.25, 0.3) is 5.91 Å². The maximum Gasteiger partial charge on any atom is 0.326 e. The molecule has 0 unspecified atom stereocenters. The molecule has 0 spiro atoms. The number of hydrogen-bond donors (Lipinski definition) is 1. The zero-order chi connectivity index (χ0) is 24.1. The molecule has 2 heterocycles. The van der Waals surface area contributed by atoms with Crippen LogP contribution in [0.3, 0.4) is 0 Å². The highest BCUT2D eigenvalue weighted by molar-refractivity contribution is 7.92. The number of nitrogens with one attached hydrogen (secondary N) is 1. The summed E-state index contributed by atoms with van der Waals surface area (Å²) in [5.74, 6) is 1.80. The number of methoxy groups -OCH3 is 1. The monoisotopic (exact) mass is 483 g/mol. The number of carbonyl (C=O) groups is 1. The van der Waals surface area contributed by atoms with Gasteiger partial charge in [0.05, 0.1) is 19.0 Å². The molecule has 9 nitrogen and oxygen atoms in total. The van der Waals surface area contributed by atoms with Crippen LogP contribution in [0.2, 0.25) is 0 Å². The maximum absolute atomic E-state index is 12.0. The Kier molecular flexibility index (Phi) is 6.87. The summed E-state index contributed by atoms with van der Waals surface area (Å²) in [5, 5.41) is 0. The molecule has 1 aliphatic carbocycles. The fourth-order valence-electron chi connectivity index (χ4n) is 3.53. The van der Waals surface area contributed by atoms with Crippen LogP contribution in [-0.4, -0.2) is 39.1 Å². The number of pyridine rings is 1. The Morgan fingerprint density at radius 2 is 1.91 bits per heavy atom. The summed E-state index contributed by atoms with van der Waals surface area (Å²) in [6.07, 6.45) is 9.33. The summed E-state index contributed by atoms with van der Waals surface area (Å²) in [5.41, 5.74) is 1.23. The Labute approximate surface area is 198 Å². The largest absolute Gasteiger partial charge is 0.490 e. The quantitative estimate of drug-likeness (QED) is 0.672. The van der Waals surface area contributed by atoms with Crippen LogP contribution in [0.4, 0.5) is 5.69 Å². The molecule has 1 aromatic heterocycles. The topological polar surface area (TPSA) is 107 Å². The number of hydrogen-bond acceptors (Lipinski definition) is 7. The second-order valence-electron chi connectivity index (χ2n) is 7.75. The number of benzene rings is 1. The molecular weight excluding hydrogens is 458 g/mol. The van der Waals surface area contributed by atoms with Crippen molar-refractivity contribution in [2.24, 2.45) is 0 Å². The van der Waals surface area contributed by atoms with Crippen molar-refractivity contribution in [3.05, 3.63) is 78.7 Å².